The molecule has 0 amide bonds. The number of hydrogen-bond acceptors (Lipinski definition) is 3. The maximum atomic E-state index is 11.4. The highest BCUT2D eigenvalue weighted by Crippen LogP contribution is 2.26. The number of carbonyl (C=O) groups excluding carboxylic acids is 1. The van der Waals surface area contributed by atoms with Crippen molar-refractivity contribution in [3.63, 3.8) is 0 Å². The summed E-state index contributed by atoms with van der Waals surface area (Å²) in [5.74, 6) is 0.615. The fourth-order valence-corrected chi connectivity index (χ4v) is 1.49. The van der Waals surface area contributed by atoms with Crippen LogP contribution in [0.25, 0.3) is 0 Å². The number of anilines is 1. The quantitative estimate of drug-likeness (QED) is 0.609. The molecule has 15 heavy (non-hydrogen) atoms. The Bertz CT molecular complexity index is 372. The summed E-state index contributed by atoms with van der Waals surface area (Å²) >= 11 is 0. The average Bonchev–Trinajstić information content (AvgIpc) is 2.20. The molecule has 0 atom stereocenters. The first kappa shape index (κ1) is 11.6. The second-order valence-corrected chi connectivity index (χ2v) is 3.39. The molecule has 1 aromatic rings. The third-order valence-corrected chi connectivity index (χ3v) is 2.30. The minimum absolute atomic E-state index is 0.0206. The lowest BCUT2D eigenvalue weighted by Crippen LogP contribution is -2.04. The summed E-state index contributed by atoms with van der Waals surface area (Å²) in [6.07, 6.45) is 0.837. The van der Waals surface area contributed by atoms with Crippen molar-refractivity contribution < 1.29 is 9.53 Å². The molecule has 0 aliphatic heterocycles. The fourth-order valence-electron chi connectivity index (χ4n) is 1.49. The smallest absolute Gasteiger partial charge is 0.163 e. The highest BCUT2D eigenvalue weighted by Gasteiger charge is 2.11. The van der Waals surface area contributed by atoms with Gasteiger partial charge in [-0.3, -0.25) is 4.79 Å². The molecule has 0 fully saturated rings. The van der Waals surface area contributed by atoms with Gasteiger partial charge in [-0.1, -0.05) is 6.92 Å². The Labute approximate surface area is 90.2 Å². The zero-order valence-electron chi connectivity index (χ0n) is 9.46. The van der Waals surface area contributed by atoms with E-state index in [9.17, 15) is 4.79 Å². The molecule has 0 saturated heterocycles. The molecule has 0 bridgehead atoms. The van der Waals surface area contributed by atoms with Crippen LogP contribution in [0.2, 0.25) is 0 Å². The van der Waals surface area contributed by atoms with Crippen molar-refractivity contribution in [2.24, 2.45) is 0 Å². The molecule has 0 spiro atoms. The van der Waals surface area contributed by atoms with Crippen molar-refractivity contribution in [2.45, 2.75) is 27.2 Å². The topological polar surface area (TPSA) is 52.3 Å². The van der Waals surface area contributed by atoms with Gasteiger partial charge in [-0.15, -0.1) is 0 Å². The van der Waals surface area contributed by atoms with Crippen molar-refractivity contribution in [3.05, 3.63) is 23.3 Å². The molecule has 82 valence electrons. The van der Waals surface area contributed by atoms with Crippen LogP contribution in [-0.2, 0) is 6.42 Å². The minimum atomic E-state index is -0.0206. The first-order valence-electron chi connectivity index (χ1n) is 5.16. The molecule has 0 aromatic heterocycles. The number of carbonyl (C=O) groups is 1. The van der Waals surface area contributed by atoms with Crippen LogP contribution in [0, 0.1) is 0 Å². The Morgan fingerprint density at radius 2 is 2.07 bits per heavy atom. The van der Waals surface area contributed by atoms with Crippen LogP contribution in [0.15, 0.2) is 12.1 Å². The van der Waals surface area contributed by atoms with Gasteiger partial charge in [-0.2, -0.15) is 0 Å². The van der Waals surface area contributed by atoms with Crippen molar-refractivity contribution in [2.75, 3.05) is 12.3 Å². The normalized spacial score (nSPS) is 10.1. The summed E-state index contributed by atoms with van der Waals surface area (Å²) in [4.78, 5) is 11.4. The molecule has 3 heteroatoms. The van der Waals surface area contributed by atoms with Crippen molar-refractivity contribution in [1.29, 1.82) is 0 Å². The van der Waals surface area contributed by atoms with Crippen LogP contribution in [0.1, 0.15) is 36.7 Å². The maximum Gasteiger partial charge on any atom is 0.163 e. The third kappa shape index (κ3) is 2.49. The summed E-state index contributed by atoms with van der Waals surface area (Å²) in [5.41, 5.74) is 8.06. The molecule has 0 heterocycles. The van der Waals surface area contributed by atoms with E-state index in [2.05, 4.69) is 0 Å². The molecule has 1 rings (SSSR count). The van der Waals surface area contributed by atoms with E-state index in [0.29, 0.717) is 23.6 Å². The lowest BCUT2D eigenvalue weighted by molar-refractivity contribution is 0.101. The van der Waals surface area contributed by atoms with E-state index >= 15 is 0 Å². The molecule has 0 saturated carbocycles. The zero-order chi connectivity index (χ0) is 11.4. The molecule has 2 N–H and O–H groups in total. The van der Waals surface area contributed by atoms with Crippen LogP contribution < -0.4 is 10.5 Å². The number of ketones is 1. The maximum absolute atomic E-state index is 11.4. The van der Waals surface area contributed by atoms with Crippen LogP contribution in [0.3, 0.4) is 0 Å². The molecular weight excluding hydrogens is 190 g/mol. The lowest BCUT2D eigenvalue weighted by Gasteiger charge is -2.11. The predicted molar refractivity (Wildman–Crippen MR) is 61.4 cm³/mol. The number of nitrogen functional groups attached to an aromatic ring is 1. The molecule has 1 aromatic carbocycles. The number of aryl methyl sites for hydroxylation is 1. The molecule has 0 unspecified atom stereocenters. The van der Waals surface area contributed by atoms with E-state index in [1.54, 1.807) is 6.07 Å². The third-order valence-electron chi connectivity index (χ3n) is 2.30. The number of ether oxygens (including phenoxy) is 1. The van der Waals surface area contributed by atoms with Gasteiger partial charge in [0.1, 0.15) is 5.75 Å². The van der Waals surface area contributed by atoms with Crippen molar-refractivity contribution >= 4 is 11.5 Å². The highest BCUT2D eigenvalue weighted by molar-refractivity contribution is 5.98. The first-order valence-corrected chi connectivity index (χ1v) is 5.16. The molecule has 0 aliphatic carbocycles. The zero-order valence-corrected chi connectivity index (χ0v) is 9.46. The van der Waals surface area contributed by atoms with Crippen molar-refractivity contribution in [1.82, 2.24) is 0 Å². The van der Waals surface area contributed by atoms with E-state index in [1.165, 1.54) is 6.92 Å². The first-order chi connectivity index (χ1) is 7.10. The summed E-state index contributed by atoms with van der Waals surface area (Å²) in [6.45, 7) is 5.98. The Kier molecular flexibility index (Phi) is 3.72. The van der Waals surface area contributed by atoms with Crippen LogP contribution in [0.5, 0.6) is 5.75 Å². The number of benzene rings is 1. The molecular formula is C12H17NO2. The lowest BCUT2D eigenvalue weighted by atomic mass is 10.0. The molecule has 0 radical (unpaired) electrons. The van der Waals surface area contributed by atoms with E-state index in [-0.39, 0.29) is 5.78 Å². The minimum Gasteiger partial charge on any atom is -0.493 e. The number of rotatable bonds is 4. The summed E-state index contributed by atoms with van der Waals surface area (Å²) in [5, 5.41) is 0. The Morgan fingerprint density at radius 1 is 1.40 bits per heavy atom. The fraction of sp³-hybridized carbons (Fsp3) is 0.417. The number of Topliss-reactive ketones (excluding diaryl/α,β-unsaturated/α-hetero) is 1. The highest BCUT2D eigenvalue weighted by atomic mass is 16.5. The van der Waals surface area contributed by atoms with Gasteiger partial charge >= 0.3 is 0 Å². The molecule has 3 nitrogen and oxygen atoms in total. The van der Waals surface area contributed by atoms with Gasteiger partial charge in [0.2, 0.25) is 0 Å². The standard InChI is InChI=1S/C12H17NO2/c1-4-9-6-12(15-5-2)10(8(3)14)7-11(9)13/h6-7H,4-5,13H2,1-3H3. The second kappa shape index (κ2) is 4.82. The monoisotopic (exact) mass is 207 g/mol. The second-order valence-electron chi connectivity index (χ2n) is 3.39. The largest absolute Gasteiger partial charge is 0.493 e. The van der Waals surface area contributed by atoms with Gasteiger partial charge in [0, 0.05) is 5.69 Å². The van der Waals surface area contributed by atoms with Gasteiger partial charge in [-0.25, -0.2) is 0 Å². The van der Waals surface area contributed by atoms with E-state index in [0.717, 1.165) is 12.0 Å². The average molecular weight is 207 g/mol. The Morgan fingerprint density at radius 3 is 2.53 bits per heavy atom. The van der Waals surface area contributed by atoms with Gasteiger partial charge in [-0.05, 0) is 38.0 Å². The predicted octanol–water partition coefficient (Wildman–Crippen LogP) is 2.43. The van der Waals surface area contributed by atoms with Crippen LogP contribution >= 0.6 is 0 Å². The SMILES string of the molecule is CCOc1cc(CC)c(N)cc1C(C)=O. The Balaban J connectivity index is 3.25. The Hall–Kier alpha value is -1.51. The van der Waals surface area contributed by atoms with Crippen molar-refractivity contribution in [3.8, 4) is 5.75 Å². The summed E-state index contributed by atoms with van der Waals surface area (Å²) in [7, 11) is 0. The number of hydrogen-bond donors (Lipinski definition) is 1. The van der Waals surface area contributed by atoms with Gasteiger partial charge in [0.25, 0.3) is 0 Å². The van der Waals surface area contributed by atoms with Crippen LogP contribution in [-0.4, -0.2) is 12.4 Å². The molecule has 0 aliphatic rings. The summed E-state index contributed by atoms with van der Waals surface area (Å²) in [6, 6.07) is 3.56. The van der Waals surface area contributed by atoms with Crippen LogP contribution in [0.4, 0.5) is 5.69 Å². The van der Waals surface area contributed by atoms with Gasteiger partial charge < -0.3 is 10.5 Å². The van der Waals surface area contributed by atoms with Gasteiger partial charge in [0.05, 0.1) is 12.2 Å². The number of nitrogens with two attached hydrogens (primary N) is 1. The van der Waals surface area contributed by atoms with E-state index in [4.69, 9.17) is 10.5 Å². The van der Waals surface area contributed by atoms with E-state index < -0.39 is 0 Å². The van der Waals surface area contributed by atoms with Gasteiger partial charge in [0.15, 0.2) is 5.78 Å². The van der Waals surface area contributed by atoms with E-state index in [1.807, 2.05) is 19.9 Å². The summed E-state index contributed by atoms with van der Waals surface area (Å²) < 4.78 is 5.42.